The maximum absolute atomic E-state index is 10.9. The number of rotatable bonds is 3. The molecule has 2 rings (SSSR count). The topological polar surface area (TPSA) is 80.9 Å². The number of carbonyl (C=O) groups excluding carboxylic acids is 1. The van der Waals surface area contributed by atoms with Crippen molar-refractivity contribution in [3.05, 3.63) is 48.4 Å². The van der Waals surface area contributed by atoms with Gasteiger partial charge in [-0.2, -0.15) is 0 Å². The van der Waals surface area contributed by atoms with Gasteiger partial charge in [0, 0.05) is 11.9 Å². The van der Waals surface area contributed by atoms with Crippen molar-refractivity contribution in [1.29, 1.82) is 0 Å². The van der Waals surface area contributed by atoms with Crippen LogP contribution < -0.4 is 11.1 Å². The molecular formula is C11H10N4O. The van der Waals surface area contributed by atoms with Gasteiger partial charge in [0.05, 0.1) is 0 Å². The average molecular weight is 214 g/mol. The first-order chi connectivity index (χ1) is 7.75. The van der Waals surface area contributed by atoms with Crippen LogP contribution in [0.1, 0.15) is 10.6 Å². The van der Waals surface area contributed by atoms with Crippen molar-refractivity contribution in [3.8, 4) is 0 Å². The summed E-state index contributed by atoms with van der Waals surface area (Å²) >= 11 is 0. The number of hydrogen-bond acceptors (Lipinski definition) is 4. The molecule has 16 heavy (non-hydrogen) atoms. The SMILES string of the molecule is NC(=O)c1nccc(Nc2ccccc2)n1. The zero-order valence-corrected chi connectivity index (χ0v) is 8.42. The number of aromatic nitrogens is 2. The van der Waals surface area contributed by atoms with Gasteiger partial charge in [-0.25, -0.2) is 9.97 Å². The van der Waals surface area contributed by atoms with E-state index in [0.29, 0.717) is 5.82 Å². The summed E-state index contributed by atoms with van der Waals surface area (Å²) in [4.78, 5) is 18.6. The third kappa shape index (κ3) is 2.33. The summed E-state index contributed by atoms with van der Waals surface area (Å²) in [5, 5.41) is 3.04. The molecule has 2 aromatic rings. The van der Waals surface area contributed by atoms with Crippen LogP contribution in [-0.2, 0) is 0 Å². The summed E-state index contributed by atoms with van der Waals surface area (Å²) in [6.45, 7) is 0. The summed E-state index contributed by atoms with van der Waals surface area (Å²) in [5.41, 5.74) is 5.97. The van der Waals surface area contributed by atoms with Crippen LogP contribution in [0, 0.1) is 0 Å². The maximum Gasteiger partial charge on any atom is 0.286 e. The lowest BCUT2D eigenvalue weighted by molar-refractivity contribution is 0.0990. The number of amides is 1. The zero-order chi connectivity index (χ0) is 11.4. The molecule has 0 aliphatic rings. The van der Waals surface area contributed by atoms with Gasteiger partial charge in [-0.3, -0.25) is 4.79 Å². The van der Waals surface area contributed by atoms with Gasteiger partial charge < -0.3 is 11.1 Å². The number of nitrogens with one attached hydrogen (secondary N) is 1. The number of carbonyl (C=O) groups is 1. The van der Waals surface area contributed by atoms with Crippen molar-refractivity contribution in [2.75, 3.05) is 5.32 Å². The number of para-hydroxylation sites is 1. The van der Waals surface area contributed by atoms with Crippen molar-refractivity contribution in [2.24, 2.45) is 5.73 Å². The fraction of sp³-hybridized carbons (Fsp3) is 0. The second-order valence-electron chi connectivity index (χ2n) is 3.12. The lowest BCUT2D eigenvalue weighted by Gasteiger charge is -2.05. The molecule has 0 spiro atoms. The third-order valence-electron chi connectivity index (χ3n) is 1.92. The fourth-order valence-electron chi connectivity index (χ4n) is 1.22. The minimum absolute atomic E-state index is 0.000862. The largest absolute Gasteiger partial charge is 0.363 e. The Morgan fingerprint density at radius 3 is 2.62 bits per heavy atom. The predicted octanol–water partition coefficient (Wildman–Crippen LogP) is 1.32. The summed E-state index contributed by atoms with van der Waals surface area (Å²) in [6.07, 6.45) is 1.48. The molecule has 0 saturated heterocycles. The standard InChI is InChI=1S/C11H10N4O/c12-10(16)11-13-7-6-9(15-11)14-8-4-2-1-3-5-8/h1-7H,(H2,12,16)(H,13,14,15). The number of primary amides is 1. The molecule has 0 atom stereocenters. The number of benzene rings is 1. The van der Waals surface area contributed by atoms with E-state index in [1.807, 2.05) is 30.3 Å². The highest BCUT2D eigenvalue weighted by Gasteiger charge is 2.04. The molecule has 1 aromatic carbocycles. The molecule has 80 valence electrons. The Balaban J connectivity index is 2.22. The molecule has 0 aliphatic heterocycles. The van der Waals surface area contributed by atoms with E-state index < -0.39 is 5.91 Å². The molecule has 5 heteroatoms. The minimum Gasteiger partial charge on any atom is -0.363 e. The van der Waals surface area contributed by atoms with E-state index in [1.54, 1.807) is 6.07 Å². The van der Waals surface area contributed by atoms with E-state index in [1.165, 1.54) is 6.20 Å². The summed E-state index contributed by atoms with van der Waals surface area (Å²) < 4.78 is 0. The van der Waals surface area contributed by atoms with E-state index in [9.17, 15) is 4.79 Å². The molecule has 1 heterocycles. The molecule has 0 unspecified atom stereocenters. The Morgan fingerprint density at radius 1 is 1.19 bits per heavy atom. The Kier molecular flexibility index (Phi) is 2.77. The number of anilines is 2. The Bertz CT molecular complexity index is 498. The Hall–Kier alpha value is -2.43. The van der Waals surface area contributed by atoms with Crippen LogP contribution in [-0.4, -0.2) is 15.9 Å². The van der Waals surface area contributed by atoms with Crippen LogP contribution in [0.25, 0.3) is 0 Å². The highest BCUT2D eigenvalue weighted by molar-refractivity contribution is 5.89. The van der Waals surface area contributed by atoms with Gasteiger partial charge in [-0.1, -0.05) is 18.2 Å². The number of hydrogen-bond donors (Lipinski definition) is 2. The van der Waals surface area contributed by atoms with Gasteiger partial charge in [-0.05, 0) is 18.2 Å². The lowest BCUT2D eigenvalue weighted by Crippen LogP contribution is -2.15. The molecule has 0 aliphatic carbocycles. The minimum atomic E-state index is -0.642. The van der Waals surface area contributed by atoms with E-state index in [0.717, 1.165) is 5.69 Å². The van der Waals surface area contributed by atoms with Gasteiger partial charge >= 0.3 is 0 Å². The lowest BCUT2D eigenvalue weighted by atomic mass is 10.3. The van der Waals surface area contributed by atoms with Crippen LogP contribution in [0.3, 0.4) is 0 Å². The van der Waals surface area contributed by atoms with E-state index in [4.69, 9.17) is 5.73 Å². The molecule has 0 radical (unpaired) electrons. The third-order valence-corrected chi connectivity index (χ3v) is 1.92. The van der Waals surface area contributed by atoms with Crippen LogP contribution in [0.2, 0.25) is 0 Å². The van der Waals surface area contributed by atoms with Gasteiger partial charge in [0.15, 0.2) is 0 Å². The van der Waals surface area contributed by atoms with Crippen LogP contribution >= 0.6 is 0 Å². The first-order valence-corrected chi connectivity index (χ1v) is 4.70. The molecule has 0 saturated carbocycles. The van der Waals surface area contributed by atoms with Crippen LogP contribution in [0.5, 0.6) is 0 Å². The van der Waals surface area contributed by atoms with Gasteiger partial charge in [0.1, 0.15) is 5.82 Å². The highest BCUT2D eigenvalue weighted by atomic mass is 16.1. The normalized spacial score (nSPS) is 9.75. The fourth-order valence-corrected chi connectivity index (χ4v) is 1.22. The van der Waals surface area contributed by atoms with Gasteiger partial charge in [0.2, 0.25) is 5.82 Å². The monoisotopic (exact) mass is 214 g/mol. The average Bonchev–Trinajstić information content (AvgIpc) is 2.30. The van der Waals surface area contributed by atoms with E-state index in [2.05, 4.69) is 15.3 Å². The molecule has 0 fully saturated rings. The molecular weight excluding hydrogens is 204 g/mol. The van der Waals surface area contributed by atoms with E-state index >= 15 is 0 Å². The maximum atomic E-state index is 10.9. The smallest absolute Gasteiger partial charge is 0.286 e. The number of nitrogens with two attached hydrogens (primary N) is 1. The second kappa shape index (κ2) is 4.39. The van der Waals surface area contributed by atoms with Crippen molar-refractivity contribution >= 4 is 17.4 Å². The van der Waals surface area contributed by atoms with Crippen molar-refractivity contribution in [3.63, 3.8) is 0 Å². The highest BCUT2D eigenvalue weighted by Crippen LogP contribution is 2.12. The molecule has 0 bridgehead atoms. The van der Waals surface area contributed by atoms with E-state index in [-0.39, 0.29) is 5.82 Å². The second-order valence-corrected chi connectivity index (χ2v) is 3.12. The predicted molar refractivity (Wildman–Crippen MR) is 60.3 cm³/mol. The molecule has 1 amide bonds. The quantitative estimate of drug-likeness (QED) is 0.807. The van der Waals surface area contributed by atoms with Crippen molar-refractivity contribution < 1.29 is 4.79 Å². The van der Waals surface area contributed by atoms with Crippen molar-refractivity contribution in [1.82, 2.24) is 9.97 Å². The van der Waals surface area contributed by atoms with Crippen LogP contribution in [0.15, 0.2) is 42.6 Å². The molecule has 1 aromatic heterocycles. The molecule has 5 nitrogen and oxygen atoms in total. The first kappa shape index (κ1) is 10.1. The zero-order valence-electron chi connectivity index (χ0n) is 8.42. The summed E-state index contributed by atoms with van der Waals surface area (Å²) in [7, 11) is 0. The van der Waals surface area contributed by atoms with Crippen LogP contribution in [0.4, 0.5) is 11.5 Å². The van der Waals surface area contributed by atoms with Crippen molar-refractivity contribution in [2.45, 2.75) is 0 Å². The van der Waals surface area contributed by atoms with Gasteiger partial charge in [0.25, 0.3) is 5.91 Å². The van der Waals surface area contributed by atoms with Gasteiger partial charge in [-0.15, -0.1) is 0 Å². The summed E-state index contributed by atoms with van der Waals surface area (Å²) in [5.74, 6) is -0.104. The Morgan fingerprint density at radius 2 is 1.94 bits per heavy atom. The summed E-state index contributed by atoms with van der Waals surface area (Å²) in [6, 6.07) is 11.2. The Labute approximate surface area is 92.3 Å². The number of nitrogens with zero attached hydrogens (tertiary/aromatic N) is 2. The molecule has 3 N–H and O–H groups in total. The first-order valence-electron chi connectivity index (χ1n) is 4.70.